The highest BCUT2D eigenvalue weighted by atomic mass is 19.1. The van der Waals surface area contributed by atoms with Crippen LogP contribution in [-0.2, 0) is 9.59 Å². The Hall–Kier alpha value is -2.46. The molecule has 0 aromatic heterocycles. The molecule has 0 rings (SSSR count). The van der Waals surface area contributed by atoms with Gasteiger partial charge in [-0.05, 0) is 26.2 Å². The van der Waals surface area contributed by atoms with E-state index >= 15 is 0 Å². The van der Waals surface area contributed by atoms with Crippen LogP contribution in [-0.4, -0.2) is 53.5 Å². The number of rotatable bonds is 11. The zero-order valence-electron chi connectivity index (χ0n) is 12.2. The third kappa shape index (κ3) is 8.66. The van der Waals surface area contributed by atoms with Gasteiger partial charge >= 0.3 is 12.0 Å². The first kappa shape index (κ1) is 19.5. The Balaban J connectivity index is 3.92. The van der Waals surface area contributed by atoms with Crippen molar-refractivity contribution in [3.8, 4) is 0 Å². The number of amides is 3. The van der Waals surface area contributed by atoms with Crippen molar-refractivity contribution in [2.75, 3.05) is 13.1 Å². The van der Waals surface area contributed by atoms with Crippen LogP contribution in [0.15, 0.2) is 5.22 Å². The van der Waals surface area contributed by atoms with Gasteiger partial charge in [0.1, 0.15) is 12.6 Å². The summed E-state index contributed by atoms with van der Waals surface area (Å²) in [6.45, 7) is 1.04. The van der Waals surface area contributed by atoms with Crippen LogP contribution in [0.3, 0.4) is 0 Å². The number of unbranched alkanes of at least 4 members (excludes halogenated alkanes) is 1. The smallest absolute Gasteiger partial charge is 0.326 e. The molecule has 3 amide bonds. The van der Waals surface area contributed by atoms with Crippen molar-refractivity contribution >= 4 is 17.9 Å². The lowest BCUT2D eigenvalue weighted by molar-refractivity contribution is -0.139. The van der Waals surface area contributed by atoms with Crippen LogP contribution in [0.2, 0.25) is 0 Å². The Morgan fingerprint density at radius 3 is 2.50 bits per heavy atom. The summed E-state index contributed by atoms with van der Waals surface area (Å²) < 4.78 is 12.9. The second-order valence-electron chi connectivity index (χ2n) is 4.52. The lowest BCUT2D eigenvalue weighted by Crippen LogP contribution is -2.43. The number of carboxylic acids is 1. The minimum atomic E-state index is -1.54. The summed E-state index contributed by atoms with van der Waals surface area (Å²) in [6, 6.07) is -1.99. The highest BCUT2D eigenvalue weighted by Crippen LogP contribution is 2.02. The fourth-order valence-electron chi connectivity index (χ4n) is 1.57. The average molecular weight is 320 g/mol. The molecular weight excluding hydrogens is 299 g/mol. The van der Waals surface area contributed by atoms with Crippen LogP contribution in [0.5, 0.6) is 0 Å². The molecule has 0 aliphatic rings. The number of hydrogen-bond donors (Lipinski definition) is 5. The van der Waals surface area contributed by atoms with Gasteiger partial charge in [-0.2, -0.15) is 5.53 Å². The normalized spacial score (nSPS) is 12.8. The van der Waals surface area contributed by atoms with Gasteiger partial charge in [0.2, 0.25) is 5.91 Å². The number of nitrogens with one attached hydrogen (secondary N) is 3. The van der Waals surface area contributed by atoms with E-state index in [-0.39, 0.29) is 19.5 Å². The number of alkyl halides is 1. The van der Waals surface area contributed by atoms with Crippen LogP contribution < -0.4 is 16.4 Å². The number of carbonyl (C=O) groups is 3. The SMILES string of the molecule is CC(F)N(CC(=O)NCCCC[C@H](NC(N)=O)C(=O)O)N=N. The molecule has 0 bridgehead atoms. The second kappa shape index (κ2) is 10.3. The third-order valence-corrected chi connectivity index (χ3v) is 2.70. The molecular formula is C11H21FN6O4. The monoisotopic (exact) mass is 320 g/mol. The van der Waals surface area contributed by atoms with Gasteiger partial charge in [0.05, 0.1) is 0 Å². The third-order valence-electron chi connectivity index (χ3n) is 2.70. The van der Waals surface area contributed by atoms with Gasteiger partial charge in [-0.3, -0.25) is 4.79 Å². The van der Waals surface area contributed by atoms with E-state index in [4.69, 9.17) is 16.4 Å². The average Bonchev–Trinajstić information content (AvgIpc) is 2.42. The Kier molecular flexibility index (Phi) is 9.14. The van der Waals surface area contributed by atoms with Gasteiger partial charge in [0, 0.05) is 6.54 Å². The molecule has 0 radical (unpaired) electrons. The number of aliphatic carboxylic acids is 1. The molecule has 11 heteroatoms. The molecule has 0 heterocycles. The summed E-state index contributed by atoms with van der Waals surface area (Å²) in [5.41, 5.74) is 11.6. The number of carbonyl (C=O) groups excluding carboxylic acids is 2. The van der Waals surface area contributed by atoms with Gasteiger partial charge in [-0.25, -0.2) is 19.0 Å². The molecule has 10 nitrogen and oxygen atoms in total. The van der Waals surface area contributed by atoms with E-state index in [1.807, 2.05) is 0 Å². The molecule has 0 fully saturated rings. The molecule has 0 aliphatic heterocycles. The lowest BCUT2D eigenvalue weighted by Gasteiger charge is -2.17. The molecule has 0 aromatic carbocycles. The zero-order valence-corrected chi connectivity index (χ0v) is 12.2. The van der Waals surface area contributed by atoms with E-state index in [1.165, 1.54) is 0 Å². The van der Waals surface area contributed by atoms with Crippen molar-refractivity contribution in [2.45, 2.75) is 38.5 Å². The number of halogens is 1. The van der Waals surface area contributed by atoms with Crippen molar-refractivity contribution < 1.29 is 23.9 Å². The van der Waals surface area contributed by atoms with E-state index in [1.54, 1.807) is 0 Å². The Morgan fingerprint density at radius 1 is 1.41 bits per heavy atom. The van der Waals surface area contributed by atoms with Crippen molar-refractivity contribution in [1.29, 1.82) is 5.53 Å². The highest BCUT2D eigenvalue weighted by molar-refractivity contribution is 5.81. The van der Waals surface area contributed by atoms with Gasteiger partial charge in [0.15, 0.2) is 6.30 Å². The van der Waals surface area contributed by atoms with Crippen molar-refractivity contribution in [2.24, 2.45) is 11.0 Å². The van der Waals surface area contributed by atoms with Gasteiger partial charge < -0.3 is 21.5 Å². The lowest BCUT2D eigenvalue weighted by atomic mass is 10.1. The molecule has 6 N–H and O–H groups in total. The minimum Gasteiger partial charge on any atom is -0.480 e. The van der Waals surface area contributed by atoms with Crippen LogP contribution >= 0.6 is 0 Å². The Labute approximate surface area is 126 Å². The fourth-order valence-corrected chi connectivity index (χ4v) is 1.57. The standard InChI is InChI=1S/C11H21FN6O4/c1-7(12)18(17-14)6-9(19)15-5-3-2-4-8(10(20)21)16-11(13)22/h7-8,14H,2-6H2,1H3,(H,15,19)(H,20,21)(H3,13,16,22)/t7?,8-/m0/s1. The van der Waals surface area contributed by atoms with Crippen molar-refractivity contribution in [3.63, 3.8) is 0 Å². The zero-order chi connectivity index (χ0) is 17.1. The largest absolute Gasteiger partial charge is 0.480 e. The second-order valence-corrected chi connectivity index (χ2v) is 4.52. The van der Waals surface area contributed by atoms with E-state index in [9.17, 15) is 18.8 Å². The van der Waals surface area contributed by atoms with Gasteiger partial charge in [-0.1, -0.05) is 5.22 Å². The molecule has 22 heavy (non-hydrogen) atoms. The maximum atomic E-state index is 12.9. The van der Waals surface area contributed by atoms with Crippen LogP contribution in [0.1, 0.15) is 26.2 Å². The van der Waals surface area contributed by atoms with Crippen molar-refractivity contribution in [3.05, 3.63) is 0 Å². The quantitative estimate of drug-likeness (QED) is 0.156. The maximum absolute atomic E-state index is 12.9. The Morgan fingerprint density at radius 2 is 2.05 bits per heavy atom. The first-order chi connectivity index (χ1) is 10.3. The minimum absolute atomic E-state index is 0.170. The fraction of sp³-hybridized carbons (Fsp3) is 0.727. The van der Waals surface area contributed by atoms with Crippen molar-refractivity contribution in [1.82, 2.24) is 15.6 Å². The maximum Gasteiger partial charge on any atom is 0.326 e. The number of primary amides is 1. The number of carboxylic acid groups (broad SMARTS) is 1. The molecule has 0 saturated heterocycles. The molecule has 1 unspecified atom stereocenters. The van der Waals surface area contributed by atoms with Gasteiger partial charge in [-0.15, -0.1) is 0 Å². The summed E-state index contributed by atoms with van der Waals surface area (Å²) in [6.07, 6.45) is -0.466. The number of urea groups is 1. The summed E-state index contributed by atoms with van der Waals surface area (Å²) in [7, 11) is 0. The van der Waals surface area contributed by atoms with Gasteiger partial charge in [0.25, 0.3) is 0 Å². The van der Waals surface area contributed by atoms with E-state index in [2.05, 4.69) is 15.9 Å². The molecule has 0 saturated carbocycles. The molecule has 0 aliphatic carbocycles. The highest BCUT2D eigenvalue weighted by Gasteiger charge is 2.18. The Bertz CT molecular complexity index is 406. The number of nitrogens with zero attached hydrogens (tertiary/aromatic N) is 2. The molecule has 2 atom stereocenters. The molecule has 0 aromatic rings. The number of nitrogens with two attached hydrogens (primary N) is 1. The topological polar surface area (TPSA) is 161 Å². The summed E-state index contributed by atoms with van der Waals surface area (Å²) in [5.74, 6) is -1.68. The summed E-state index contributed by atoms with van der Waals surface area (Å²) in [4.78, 5) is 32.9. The van der Waals surface area contributed by atoms with Crippen LogP contribution in [0.25, 0.3) is 0 Å². The predicted octanol–water partition coefficient (Wildman–Crippen LogP) is -0.0421. The first-order valence-corrected chi connectivity index (χ1v) is 6.61. The summed E-state index contributed by atoms with van der Waals surface area (Å²) >= 11 is 0. The molecule has 126 valence electrons. The van der Waals surface area contributed by atoms with E-state index in [0.717, 1.165) is 6.92 Å². The first-order valence-electron chi connectivity index (χ1n) is 6.61. The predicted molar refractivity (Wildman–Crippen MR) is 73.4 cm³/mol. The van der Waals surface area contributed by atoms with E-state index in [0.29, 0.717) is 17.9 Å². The number of hydrogen-bond acceptors (Lipinski definition) is 5. The van der Waals surface area contributed by atoms with Crippen LogP contribution in [0.4, 0.5) is 9.18 Å². The summed E-state index contributed by atoms with van der Waals surface area (Å²) in [5, 5.41) is 17.0. The molecule has 0 spiro atoms. The van der Waals surface area contributed by atoms with Crippen LogP contribution in [0, 0.1) is 5.53 Å². The van der Waals surface area contributed by atoms with E-state index < -0.39 is 30.2 Å².